The van der Waals surface area contributed by atoms with E-state index in [0.29, 0.717) is 25.3 Å². The van der Waals surface area contributed by atoms with Crippen molar-refractivity contribution in [3.63, 3.8) is 0 Å². The number of guanidine groups is 1. The molecule has 2 N–H and O–H groups in total. The van der Waals surface area contributed by atoms with Crippen LogP contribution in [0.3, 0.4) is 0 Å². The summed E-state index contributed by atoms with van der Waals surface area (Å²) in [4.78, 5) is 18.3. The molecule has 0 bridgehead atoms. The number of ether oxygens (including phenoxy) is 2. The molecule has 1 amide bonds. The van der Waals surface area contributed by atoms with E-state index < -0.39 is 0 Å². The smallest absolute Gasteiger partial charge is 0.253 e. The van der Waals surface area contributed by atoms with Gasteiger partial charge >= 0.3 is 0 Å². The van der Waals surface area contributed by atoms with Crippen LogP contribution in [0.15, 0.2) is 47.5 Å². The lowest BCUT2D eigenvalue weighted by molar-refractivity contribution is 0.0827. The first kappa shape index (κ1) is 28.5. The first-order valence-electron chi connectivity index (χ1n) is 11.2. The highest BCUT2D eigenvalue weighted by molar-refractivity contribution is 14.0. The summed E-state index contributed by atoms with van der Waals surface area (Å²) in [6, 6.07) is 13.6. The van der Waals surface area contributed by atoms with Gasteiger partial charge in [0.1, 0.15) is 0 Å². The van der Waals surface area contributed by atoms with Gasteiger partial charge < -0.3 is 25.0 Å². The van der Waals surface area contributed by atoms with Crippen LogP contribution in [0, 0.1) is 0 Å². The van der Waals surface area contributed by atoms with E-state index in [2.05, 4.69) is 21.7 Å². The number of benzene rings is 2. The zero-order chi connectivity index (χ0) is 23.3. The maximum Gasteiger partial charge on any atom is 0.253 e. The Morgan fingerprint density at radius 1 is 0.909 bits per heavy atom. The van der Waals surface area contributed by atoms with E-state index in [-0.39, 0.29) is 29.9 Å². The fraction of sp³-hybridized carbons (Fsp3) is 0.440. The minimum absolute atomic E-state index is 0. The van der Waals surface area contributed by atoms with Crippen LogP contribution in [-0.4, -0.2) is 57.2 Å². The number of rotatable bonds is 11. The fourth-order valence-corrected chi connectivity index (χ4v) is 3.10. The summed E-state index contributed by atoms with van der Waals surface area (Å²) in [5, 5.41) is 6.66. The largest absolute Gasteiger partial charge is 0.490 e. The number of aliphatic imine (C=N–C) groups is 1. The third-order valence-electron chi connectivity index (χ3n) is 4.68. The van der Waals surface area contributed by atoms with Crippen LogP contribution in [0.5, 0.6) is 11.5 Å². The Morgan fingerprint density at radius 2 is 1.55 bits per heavy atom. The van der Waals surface area contributed by atoms with Gasteiger partial charge in [-0.15, -0.1) is 24.0 Å². The van der Waals surface area contributed by atoms with E-state index in [1.54, 1.807) is 19.0 Å². The van der Waals surface area contributed by atoms with Gasteiger partial charge in [-0.2, -0.15) is 0 Å². The van der Waals surface area contributed by atoms with Crippen LogP contribution in [0.25, 0.3) is 0 Å². The van der Waals surface area contributed by atoms with Gasteiger partial charge in [-0.3, -0.25) is 4.79 Å². The molecule has 0 spiro atoms. The molecule has 2 aromatic rings. The van der Waals surface area contributed by atoms with Gasteiger partial charge in [-0.05, 0) is 62.6 Å². The molecular formula is C25H37IN4O3. The summed E-state index contributed by atoms with van der Waals surface area (Å²) in [7, 11) is 3.50. The Morgan fingerprint density at radius 3 is 2.15 bits per heavy atom. The van der Waals surface area contributed by atoms with Gasteiger partial charge in [0.25, 0.3) is 5.91 Å². The standard InChI is InChI=1S/C25H36N4O3.HI/c1-6-26-25(28-18-20-9-12-21(13-10-20)24(30)29(4)5)27-16-15-19-11-14-22(31-7-2)23(17-19)32-8-3;/h9-14,17H,6-8,15-16,18H2,1-5H3,(H2,26,27,28);1H. The van der Waals surface area contributed by atoms with Gasteiger partial charge in [-0.25, -0.2) is 4.99 Å². The lowest BCUT2D eigenvalue weighted by Gasteiger charge is -2.14. The monoisotopic (exact) mass is 568 g/mol. The van der Waals surface area contributed by atoms with Crippen LogP contribution < -0.4 is 20.1 Å². The van der Waals surface area contributed by atoms with Gasteiger partial charge in [0.05, 0.1) is 19.8 Å². The summed E-state index contributed by atoms with van der Waals surface area (Å²) in [5.74, 6) is 2.32. The lowest BCUT2D eigenvalue weighted by atomic mass is 10.1. The van der Waals surface area contributed by atoms with Crippen LogP contribution >= 0.6 is 24.0 Å². The van der Waals surface area contributed by atoms with Crippen LogP contribution in [0.1, 0.15) is 42.3 Å². The second-order valence-electron chi connectivity index (χ2n) is 7.42. The van der Waals surface area contributed by atoms with Crippen molar-refractivity contribution in [2.24, 2.45) is 4.99 Å². The van der Waals surface area contributed by atoms with Crippen molar-refractivity contribution in [3.8, 4) is 11.5 Å². The van der Waals surface area contributed by atoms with Gasteiger partial charge in [0.15, 0.2) is 17.5 Å². The topological polar surface area (TPSA) is 75.2 Å². The molecule has 8 heteroatoms. The normalized spacial score (nSPS) is 10.8. The molecule has 0 fully saturated rings. The molecule has 7 nitrogen and oxygen atoms in total. The Labute approximate surface area is 215 Å². The highest BCUT2D eigenvalue weighted by atomic mass is 127. The van der Waals surface area contributed by atoms with E-state index in [4.69, 9.17) is 9.47 Å². The van der Waals surface area contributed by atoms with Crippen molar-refractivity contribution in [3.05, 3.63) is 59.2 Å². The third kappa shape index (κ3) is 9.49. The summed E-state index contributed by atoms with van der Waals surface area (Å²) >= 11 is 0. The number of carbonyl (C=O) groups excluding carboxylic acids is 1. The fourth-order valence-electron chi connectivity index (χ4n) is 3.10. The predicted molar refractivity (Wildman–Crippen MR) is 145 cm³/mol. The Balaban J connectivity index is 0.00000544. The average molecular weight is 569 g/mol. The van der Waals surface area contributed by atoms with Gasteiger partial charge in [0.2, 0.25) is 0 Å². The SMILES string of the molecule is CCNC(=NCc1ccc(C(=O)N(C)C)cc1)NCCc1ccc(OCC)c(OCC)c1.I. The number of carbonyl (C=O) groups is 1. The minimum Gasteiger partial charge on any atom is -0.490 e. The van der Waals surface area contributed by atoms with Crippen LogP contribution in [-0.2, 0) is 13.0 Å². The number of halogens is 1. The molecule has 33 heavy (non-hydrogen) atoms. The summed E-state index contributed by atoms with van der Waals surface area (Å²) < 4.78 is 11.3. The third-order valence-corrected chi connectivity index (χ3v) is 4.68. The second kappa shape index (κ2) is 15.4. The van der Waals surface area contributed by atoms with Crippen LogP contribution in [0.2, 0.25) is 0 Å². The maximum atomic E-state index is 12.0. The number of nitrogens with one attached hydrogen (secondary N) is 2. The molecule has 0 atom stereocenters. The maximum absolute atomic E-state index is 12.0. The molecule has 0 heterocycles. The molecule has 182 valence electrons. The van der Waals surface area contributed by atoms with Gasteiger partial charge in [0, 0.05) is 32.7 Å². The molecule has 2 aromatic carbocycles. The van der Waals surface area contributed by atoms with E-state index in [1.165, 1.54) is 5.56 Å². The lowest BCUT2D eigenvalue weighted by Crippen LogP contribution is -2.38. The van der Waals surface area contributed by atoms with Gasteiger partial charge in [-0.1, -0.05) is 18.2 Å². The second-order valence-corrected chi connectivity index (χ2v) is 7.42. The quantitative estimate of drug-likeness (QED) is 0.243. The number of nitrogens with zero attached hydrogens (tertiary/aromatic N) is 2. The molecule has 0 aliphatic carbocycles. The Hall–Kier alpha value is -2.49. The molecule has 0 aliphatic heterocycles. The molecule has 0 radical (unpaired) electrons. The Kier molecular flexibility index (Phi) is 13.3. The number of hydrogen-bond donors (Lipinski definition) is 2. The molecule has 0 unspecified atom stereocenters. The van der Waals surface area contributed by atoms with E-state index in [1.807, 2.05) is 57.2 Å². The minimum atomic E-state index is -0.00293. The van der Waals surface area contributed by atoms with Crippen molar-refractivity contribution in [2.45, 2.75) is 33.7 Å². The van der Waals surface area contributed by atoms with Crippen molar-refractivity contribution in [1.29, 1.82) is 0 Å². The van der Waals surface area contributed by atoms with E-state index in [0.717, 1.165) is 42.5 Å². The summed E-state index contributed by atoms with van der Waals surface area (Å²) in [5.41, 5.74) is 2.89. The number of hydrogen-bond acceptors (Lipinski definition) is 4. The highest BCUT2D eigenvalue weighted by Gasteiger charge is 2.08. The number of amides is 1. The summed E-state index contributed by atoms with van der Waals surface area (Å²) in [6.45, 7) is 9.23. The molecule has 2 rings (SSSR count). The first-order chi connectivity index (χ1) is 15.5. The van der Waals surface area contributed by atoms with Crippen molar-refractivity contribution >= 4 is 35.8 Å². The summed E-state index contributed by atoms with van der Waals surface area (Å²) in [6.07, 6.45) is 0.832. The zero-order valence-electron chi connectivity index (χ0n) is 20.3. The molecular weight excluding hydrogens is 531 g/mol. The highest BCUT2D eigenvalue weighted by Crippen LogP contribution is 2.28. The van der Waals surface area contributed by atoms with Crippen molar-refractivity contribution in [2.75, 3.05) is 40.4 Å². The Bertz CT molecular complexity index is 886. The van der Waals surface area contributed by atoms with E-state index >= 15 is 0 Å². The molecule has 0 aliphatic rings. The molecule has 0 aromatic heterocycles. The van der Waals surface area contributed by atoms with Crippen LogP contribution in [0.4, 0.5) is 0 Å². The molecule has 0 saturated carbocycles. The first-order valence-corrected chi connectivity index (χ1v) is 11.2. The van der Waals surface area contributed by atoms with E-state index in [9.17, 15) is 4.79 Å². The van der Waals surface area contributed by atoms with Crippen molar-refractivity contribution in [1.82, 2.24) is 15.5 Å². The molecule has 0 saturated heterocycles. The zero-order valence-corrected chi connectivity index (χ0v) is 22.6. The van der Waals surface area contributed by atoms with Crippen molar-refractivity contribution < 1.29 is 14.3 Å². The predicted octanol–water partition coefficient (Wildman–Crippen LogP) is 4.10. The average Bonchev–Trinajstić information content (AvgIpc) is 2.79.